The normalized spacial score (nSPS) is 10.6. The number of methoxy groups -OCH3 is 1. The van der Waals surface area contributed by atoms with Crippen molar-refractivity contribution in [1.29, 1.82) is 0 Å². The molecule has 0 aliphatic carbocycles. The first-order chi connectivity index (χ1) is 13.9. The average Bonchev–Trinajstić information content (AvgIpc) is 2.73. The maximum atomic E-state index is 11.9. The zero-order valence-electron chi connectivity index (χ0n) is 17.3. The Labute approximate surface area is 193 Å². The molecule has 0 aliphatic heterocycles. The van der Waals surface area contributed by atoms with E-state index in [0.29, 0.717) is 18.7 Å². The van der Waals surface area contributed by atoms with E-state index in [0.717, 1.165) is 22.8 Å². The molecule has 0 heterocycles. The first-order valence-electron chi connectivity index (χ1n) is 9.13. The van der Waals surface area contributed by atoms with Crippen LogP contribution in [-0.2, 0) is 17.9 Å². The summed E-state index contributed by atoms with van der Waals surface area (Å²) >= 11 is 0. The van der Waals surface area contributed by atoms with E-state index in [9.17, 15) is 9.59 Å². The first kappa shape index (κ1) is 25.2. The molecule has 2 rings (SSSR count). The van der Waals surface area contributed by atoms with Crippen molar-refractivity contribution in [3.05, 3.63) is 65.2 Å². The number of nitrogens with two attached hydrogens (primary N) is 1. The van der Waals surface area contributed by atoms with Gasteiger partial charge in [-0.1, -0.05) is 24.3 Å². The van der Waals surface area contributed by atoms with Crippen molar-refractivity contribution >= 4 is 41.8 Å². The van der Waals surface area contributed by atoms with E-state index in [-0.39, 0.29) is 36.4 Å². The Morgan fingerprint density at radius 2 is 1.63 bits per heavy atom. The highest BCUT2D eigenvalue weighted by molar-refractivity contribution is 14.0. The Kier molecular flexibility index (Phi) is 10.7. The van der Waals surface area contributed by atoms with Gasteiger partial charge in [-0.05, 0) is 35.4 Å². The number of primary amides is 1. The highest BCUT2D eigenvalue weighted by Gasteiger charge is 2.09. The number of ether oxygens (including phenoxy) is 1. The van der Waals surface area contributed by atoms with Crippen molar-refractivity contribution < 1.29 is 14.3 Å². The van der Waals surface area contributed by atoms with E-state index >= 15 is 0 Å². The van der Waals surface area contributed by atoms with Crippen LogP contribution in [0.15, 0.2) is 53.5 Å². The summed E-state index contributed by atoms with van der Waals surface area (Å²) < 4.78 is 5.18. The van der Waals surface area contributed by atoms with Crippen LogP contribution in [0.2, 0.25) is 0 Å². The Morgan fingerprint density at radius 1 is 1.03 bits per heavy atom. The summed E-state index contributed by atoms with van der Waals surface area (Å²) in [5.74, 6) is 0.664. The average molecular weight is 525 g/mol. The number of carbonyl (C=O) groups excluding carboxylic acids is 2. The van der Waals surface area contributed by atoms with Gasteiger partial charge >= 0.3 is 0 Å². The third-order valence-corrected chi connectivity index (χ3v) is 4.24. The molecule has 0 spiro atoms. The summed E-state index contributed by atoms with van der Waals surface area (Å²) in [4.78, 5) is 29.0. The number of hydrogen-bond acceptors (Lipinski definition) is 4. The van der Waals surface area contributed by atoms with E-state index in [1.807, 2.05) is 48.3 Å². The van der Waals surface area contributed by atoms with Crippen LogP contribution in [0.3, 0.4) is 0 Å². The van der Waals surface area contributed by atoms with Crippen molar-refractivity contribution in [1.82, 2.24) is 15.5 Å². The molecule has 0 saturated carbocycles. The van der Waals surface area contributed by atoms with Gasteiger partial charge in [0, 0.05) is 32.7 Å². The van der Waals surface area contributed by atoms with Crippen LogP contribution in [0.5, 0.6) is 5.75 Å². The SMILES string of the molecule is CN=C(NCc1ccc(C(=O)NCC(N)=O)cc1)N(C)Cc1ccc(OC)cc1.I. The van der Waals surface area contributed by atoms with Gasteiger partial charge in [0.05, 0.1) is 13.7 Å². The third-order valence-electron chi connectivity index (χ3n) is 4.24. The lowest BCUT2D eigenvalue weighted by molar-refractivity contribution is -0.117. The largest absolute Gasteiger partial charge is 0.497 e. The number of aliphatic imine (C=N–C) groups is 1. The monoisotopic (exact) mass is 525 g/mol. The van der Waals surface area contributed by atoms with Gasteiger partial charge in [0.15, 0.2) is 5.96 Å². The minimum absolute atomic E-state index is 0. The number of nitrogens with one attached hydrogen (secondary N) is 2. The van der Waals surface area contributed by atoms with Crippen LogP contribution in [-0.4, -0.2) is 50.4 Å². The Bertz CT molecular complexity index is 854. The second-order valence-corrected chi connectivity index (χ2v) is 6.45. The fraction of sp³-hybridized carbons (Fsp3) is 0.286. The molecule has 0 bridgehead atoms. The number of amides is 2. The number of halogens is 1. The molecule has 0 aliphatic rings. The first-order valence-corrected chi connectivity index (χ1v) is 9.13. The zero-order chi connectivity index (χ0) is 21.2. The molecular weight excluding hydrogens is 497 g/mol. The van der Waals surface area contributed by atoms with E-state index in [1.165, 1.54) is 0 Å². The minimum Gasteiger partial charge on any atom is -0.497 e. The van der Waals surface area contributed by atoms with Crippen molar-refractivity contribution in [2.75, 3.05) is 27.7 Å². The summed E-state index contributed by atoms with van der Waals surface area (Å²) in [6.45, 7) is 1.07. The molecule has 8 nitrogen and oxygen atoms in total. The third kappa shape index (κ3) is 7.90. The van der Waals surface area contributed by atoms with Crippen LogP contribution >= 0.6 is 24.0 Å². The van der Waals surface area contributed by atoms with Crippen molar-refractivity contribution in [3.63, 3.8) is 0 Å². The molecule has 162 valence electrons. The molecule has 0 aromatic heterocycles. The van der Waals surface area contributed by atoms with Crippen molar-refractivity contribution in [3.8, 4) is 5.75 Å². The number of nitrogens with zero attached hydrogens (tertiary/aromatic N) is 2. The lowest BCUT2D eigenvalue weighted by atomic mass is 10.1. The number of carbonyl (C=O) groups is 2. The maximum absolute atomic E-state index is 11.9. The maximum Gasteiger partial charge on any atom is 0.251 e. The molecule has 2 amide bonds. The van der Waals surface area contributed by atoms with Gasteiger partial charge in [0.25, 0.3) is 5.91 Å². The summed E-state index contributed by atoms with van der Waals surface area (Å²) in [5, 5.41) is 5.77. The van der Waals surface area contributed by atoms with E-state index < -0.39 is 5.91 Å². The quantitative estimate of drug-likeness (QED) is 0.277. The fourth-order valence-electron chi connectivity index (χ4n) is 2.69. The zero-order valence-corrected chi connectivity index (χ0v) is 19.7. The van der Waals surface area contributed by atoms with Gasteiger partial charge in [-0.3, -0.25) is 14.6 Å². The Hall–Kier alpha value is -2.82. The Balaban J connectivity index is 0.00000450. The van der Waals surface area contributed by atoms with E-state index in [1.54, 1.807) is 26.3 Å². The number of guanidine groups is 1. The van der Waals surface area contributed by atoms with Crippen LogP contribution in [0.25, 0.3) is 0 Å². The molecule has 0 atom stereocenters. The smallest absolute Gasteiger partial charge is 0.251 e. The molecule has 30 heavy (non-hydrogen) atoms. The van der Waals surface area contributed by atoms with Gasteiger partial charge in [0.2, 0.25) is 5.91 Å². The van der Waals surface area contributed by atoms with Crippen molar-refractivity contribution in [2.45, 2.75) is 13.1 Å². The highest BCUT2D eigenvalue weighted by Crippen LogP contribution is 2.12. The predicted octanol–water partition coefficient (Wildman–Crippen LogP) is 1.74. The molecule has 2 aromatic carbocycles. The number of hydrogen-bond donors (Lipinski definition) is 3. The van der Waals surface area contributed by atoms with Crippen LogP contribution < -0.4 is 21.1 Å². The van der Waals surface area contributed by atoms with Crippen LogP contribution in [0.1, 0.15) is 21.5 Å². The number of rotatable bonds is 8. The predicted molar refractivity (Wildman–Crippen MR) is 128 cm³/mol. The van der Waals surface area contributed by atoms with E-state index in [4.69, 9.17) is 10.5 Å². The van der Waals surface area contributed by atoms with Crippen LogP contribution in [0, 0.1) is 0 Å². The molecule has 4 N–H and O–H groups in total. The summed E-state index contributed by atoms with van der Waals surface area (Å²) in [6, 6.07) is 15.0. The lowest BCUT2D eigenvalue weighted by Gasteiger charge is -2.22. The van der Waals surface area contributed by atoms with Gasteiger partial charge in [0.1, 0.15) is 5.75 Å². The second-order valence-electron chi connectivity index (χ2n) is 6.45. The fourth-order valence-corrected chi connectivity index (χ4v) is 2.69. The highest BCUT2D eigenvalue weighted by atomic mass is 127. The summed E-state index contributed by atoms with van der Waals surface area (Å²) in [6.07, 6.45) is 0. The Morgan fingerprint density at radius 3 is 2.17 bits per heavy atom. The van der Waals surface area contributed by atoms with Crippen molar-refractivity contribution in [2.24, 2.45) is 10.7 Å². The molecular formula is C21H28IN5O3. The van der Waals surface area contributed by atoms with Crippen LogP contribution in [0.4, 0.5) is 0 Å². The minimum atomic E-state index is -0.579. The van der Waals surface area contributed by atoms with E-state index in [2.05, 4.69) is 15.6 Å². The lowest BCUT2D eigenvalue weighted by Crippen LogP contribution is -2.38. The summed E-state index contributed by atoms with van der Waals surface area (Å²) in [7, 11) is 5.34. The van der Waals surface area contributed by atoms with Gasteiger partial charge < -0.3 is 26.0 Å². The van der Waals surface area contributed by atoms with Gasteiger partial charge in [-0.25, -0.2) is 0 Å². The second kappa shape index (κ2) is 12.7. The molecule has 0 saturated heterocycles. The standard InChI is InChI=1S/C21H27N5O3.HI/c1-23-21(26(2)14-16-6-10-18(29-3)11-7-16)25-12-15-4-8-17(9-5-15)20(28)24-13-19(22)27;/h4-11H,12-14H2,1-3H3,(H2,22,27)(H,23,25)(H,24,28);1H. The molecule has 0 unspecified atom stereocenters. The van der Waals surface area contributed by atoms with Gasteiger partial charge in [-0.2, -0.15) is 0 Å². The summed E-state index contributed by atoms with van der Waals surface area (Å²) in [5.41, 5.74) is 7.63. The topological polar surface area (TPSA) is 109 Å². The number of benzene rings is 2. The molecule has 9 heteroatoms. The molecule has 0 fully saturated rings. The molecule has 0 radical (unpaired) electrons. The molecule has 2 aromatic rings. The van der Waals surface area contributed by atoms with Gasteiger partial charge in [-0.15, -0.1) is 24.0 Å².